The first-order chi connectivity index (χ1) is 30.6. The van der Waals surface area contributed by atoms with Gasteiger partial charge in [-0.25, -0.2) is 0 Å². The van der Waals surface area contributed by atoms with Gasteiger partial charge in [0, 0.05) is 19.4 Å². The van der Waals surface area contributed by atoms with Crippen LogP contribution >= 0.6 is 0 Å². The number of hydrogen-bond acceptors (Lipinski definition) is 5. The van der Waals surface area contributed by atoms with Crippen LogP contribution in [-0.4, -0.2) is 37.9 Å². The number of allylic oxidation sites excluding steroid dienone is 16. The molecule has 354 valence electrons. The minimum Gasteiger partial charge on any atom is -0.462 e. The summed E-state index contributed by atoms with van der Waals surface area (Å²) in [6.45, 7) is 7.52. The highest BCUT2D eigenvalue weighted by molar-refractivity contribution is 5.70. The number of unbranched alkanes of at least 4 members (excludes halogenated alkanes) is 19. The fourth-order valence-electron chi connectivity index (χ4n) is 6.79. The molecule has 0 saturated heterocycles. The quantitative estimate of drug-likeness (QED) is 0.0347. The Morgan fingerprint density at radius 3 is 1.18 bits per heavy atom. The van der Waals surface area contributed by atoms with E-state index in [1.165, 1.54) is 77.0 Å². The molecule has 5 heteroatoms. The first-order valence-electron chi connectivity index (χ1n) is 25.8. The maximum absolute atomic E-state index is 12.8. The molecule has 0 N–H and O–H groups in total. The zero-order valence-electron chi connectivity index (χ0n) is 40.6. The van der Waals surface area contributed by atoms with Gasteiger partial charge >= 0.3 is 11.9 Å². The second-order valence-corrected chi connectivity index (χ2v) is 16.7. The van der Waals surface area contributed by atoms with Gasteiger partial charge in [0.25, 0.3) is 0 Å². The van der Waals surface area contributed by atoms with Crippen molar-refractivity contribution in [3.8, 4) is 0 Å². The van der Waals surface area contributed by atoms with Crippen LogP contribution in [0, 0.1) is 0 Å². The van der Waals surface area contributed by atoms with Crippen molar-refractivity contribution in [2.75, 3.05) is 19.8 Å². The van der Waals surface area contributed by atoms with E-state index in [0.717, 1.165) is 116 Å². The lowest BCUT2D eigenvalue weighted by Crippen LogP contribution is -2.30. The number of hydrogen-bond donors (Lipinski definition) is 0. The standard InChI is InChI=1S/C57H96O5/c1-4-7-10-13-16-19-22-25-27-29-31-33-35-38-41-44-47-50-56(58)61-54-55(53-60-52-49-46-43-40-37-24-21-18-15-12-9-6-3)62-57(59)51-48-45-42-39-36-34-32-30-28-26-23-20-17-14-11-8-5-2/h7-8,10-11,15-20,25-28,31,33,55H,4-6,9,12-14,21-24,29-30,32,34-54H2,1-3H3/b10-7-,11-8-,18-15-,19-16-,20-17-,27-25-,28-26-,33-31-. The van der Waals surface area contributed by atoms with Gasteiger partial charge in [0.1, 0.15) is 6.61 Å². The van der Waals surface area contributed by atoms with Crippen molar-refractivity contribution in [2.24, 2.45) is 0 Å². The van der Waals surface area contributed by atoms with Gasteiger partial charge in [-0.15, -0.1) is 0 Å². The van der Waals surface area contributed by atoms with E-state index >= 15 is 0 Å². The summed E-state index contributed by atoms with van der Waals surface area (Å²) < 4.78 is 17.4. The van der Waals surface area contributed by atoms with Gasteiger partial charge in [-0.3, -0.25) is 9.59 Å². The van der Waals surface area contributed by atoms with Crippen LogP contribution in [0.1, 0.15) is 226 Å². The average Bonchev–Trinajstić information content (AvgIpc) is 3.27. The number of carbonyl (C=O) groups excluding carboxylic acids is 2. The van der Waals surface area contributed by atoms with Gasteiger partial charge in [-0.05, 0) is 109 Å². The Kier molecular flexibility index (Phi) is 49.5. The minimum atomic E-state index is -0.559. The Morgan fingerprint density at radius 2 is 0.726 bits per heavy atom. The van der Waals surface area contributed by atoms with Gasteiger partial charge in [-0.2, -0.15) is 0 Å². The summed E-state index contributed by atoms with van der Waals surface area (Å²) in [6, 6.07) is 0. The molecule has 0 saturated carbocycles. The number of esters is 2. The molecule has 5 nitrogen and oxygen atoms in total. The Balaban J connectivity index is 4.33. The van der Waals surface area contributed by atoms with Crippen LogP contribution in [0.15, 0.2) is 97.2 Å². The molecule has 62 heavy (non-hydrogen) atoms. The third kappa shape index (κ3) is 49.5. The normalized spacial score (nSPS) is 13.0. The van der Waals surface area contributed by atoms with Crippen LogP contribution in [-0.2, 0) is 23.8 Å². The molecule has 0 radical (unpaired) electrons. The molecule has 0 aromatic rings. The number of ether oxygens (including phenoxy) is 3. The fraction of sp³-hybridized carbons (Fsp3) is 0.684. The van der Waals surface area contributed by atoms with Crippen LogP contribution in [0.5, 0.6) is 0 Å². The topological polar surface area (TPSA) is 61.8 Å². The lowest BCUT2D eigenvalue weighted by atomic mass is 10.1. The highest BCUT2D eigenvalue weighted by atomic mass is 16.6. The van der Waals surface area contributed by atoms with Gasteiger partial charge in [0.05, 0.1) is 6.61 Å². The second kappa shape index (κ2) is 52.2. The van der Waals surface area contributed by atoms with Gasteiger partial charge in [-0.1, -0.05) is 201 Å². The van der Waals surface area contributed by atoms with Crippen molar-refractivity contribution in [1.29, 1.82) is 0 Å². The molecular formula is C57H96O5. The van der Waals surface area contributed by atoms with Crippen LogP contribution in [0.3, 0.4) is 0 Å². The zero-order chi connectivity index (χ0) is 44.9. The summed E-state index contributed by atoms with van der Waals surface area (Å²) in [7, 11) is 0. The van der Waals surface area contributed by atoms with Crippen LogP contribution < -0.4 is 0 Å². The molecule has 1 unspecified atom stereocenters. The number of carbonyl (C=O) groups is 2. The summed E-state index contributed by atoms with van der Waals surface area (Å²) in [6.07, 6.45) is 69.8. The first-order valence-corrected chi connectivity index (χ1v) is 25.8. The molecule has 0 aliphatic carbocycles. The van der Waals surface area contributed by atoms with Crippen molar-refractivity contribution in [3.05, 3.63) is 97.2 Å². The van der Waals surface area contributed by atoms with Crippen LogP contribution in [0.25, 0.3) is 0 Å². The first kappa shape index (κ1) is 58.8. The van der Waals surface area contributed by atoms with Crippen molar-refractivity contribution in [1.82, 2.24) is 0 Å². The molecule has 0 amide bonds. The molecule has 0 rings (SSSR count). The van der Waals surface area contributed by atoms with E-state index < -0.39 is 6.10 Å². The van der Waals surface area contributed by atoms with Gasteiger partial charge < -0.3 is 14.2 Å². The second-order valence-electron chi connectivity index (χ2n) is 16.7. The summed E-state index contributed by atoms with van der Waals surface area (Å²) in [4.78, 5) is 25.4. The van der Waals surface area contributed by atoms with Crippen molar-refractivity contribution < 1.29 is 23.8 Å². The molecular weight excluding hydrogens is 765 g/mol. The maximum Gasteiger partial charge on any atom is 0.306 e. The fourth-order valence-corrected chi connectivity index (χ4v) is 6.79. The zero-order valence-corrected chi connectivity index (χ0v) is 40.6. The van der Waals surface area contributed by atoms with E-state index in [-0.39, 0.29) is 25.2 Å². The molecule has 0 aromatic heterocycles. The van der Waals surface area contributed by atoms with E-state index in [9.17, 15) is 9.59 Å². The monoisotopic (exact) mass is 861 g/mol. The molecule has 0 bridgehead atoms. The minimum absolute atomic E-state index is 0.0613. The smallest absolute Gasteiger partial charge is 0.306 e. The van der Waals surface area contributed by atoms with Crippen molar-refractivity contribution in [3.63, 3.8) is 0 Å². The molecule has 1 atom stereocenters. The predicted octanol–water partition coefficient (Wildman–Crippen LogP) is 17.5. The molecule has 0 heterocycles. The lowest BCUT2D eigenvalue weighted by Gasteiger charge is -2.18. The van der Waals surface area contributed by atoms with E-state index in [1.807, 2.05) is 0 Å². The molecule has 0 aromatic carbocycles. The van der Waals surface area contributed by atoms with E-state index in [1.54, 1.807) is 0 Å². The highest BCUT2D eigenvalue weighted by Crippen LogP contribution is 2.13. The van der Waals surface area contributed by atoms with Crippen LogP contribution in [0.4, 0.5) is 0 Å². The Labute approximate surface area is 383 Å². The Bertz CT molecular complexity index is 1200. The average molecular weight is 861 g/mol. The van der Waals surface area contributed by atoms with E-state index in [0.29, 0.717) is 19.4 Å². The summed E-state index contributed by atoms with van der Waals surface area (Å²) in [5, 5.41) is 0. The third-order valence-corrected chi connectivity index (χ3v) is 10.6. The van der Waals surface area contributed by atoms with Gasteiger partial charge in [0.15, 0.2) is 6.10 Å². The Morgan fingerprint density at radius 1 is 0.371 bits per heavy atom. The van der Waals surface area contributed by atoms with Crippen molar-refractivity contribution >= 4 is 11.9 Å². The largest absolute Gasteiger partial charge is 0.462 e. The van der Waals surface area contributed by atoms with E-state index in [4.69, 9.17) is 14.2 Å². The van der Waals surface area contributed by atoms with Crippen molar-refractivity contribution in [2.45, 2.75) is 232 Å². The maximum atomic E-state index is 12.8. The highest BCUT2D eigenvalue weighted by Gasteiger charge is 2.17. The third-order valence-electron chi connectivity index (χ3n) is 10.6. The Hall–Kier alpha value is -3.18. The summed E-state index contributed by atoms with van der Waals surface area (Å²) in [5.41, 5.74) is 0. The number of rotatable bonds is 46. The summed E-state index contributed by atoms with van der Waals surface area (Å²) >= 11 is 0. The summed E-state index contributed by atoms with van der Waals surface area (Å²) in [5.74, 6) is -0.442. The SMILES string of the molecule is CC/C=C\C/C=C\C/C=C\C/C=C\CCCCCCC(=O)OCC(COCCCCCCCC/C=C\CCCC)OC(=O)CCCCCCCCC/C=C\C/C=C\C/C=C\CC. The van der Waals surface area contributed by atoms with E-state index in [2.05, 4.69) is 118 Å². The molecule has 0 aliphatic rings. The lowest BCUT2D eigenvalue weighted by molar-refractivity contribution is -0.163. The predicted molar refractivity (Wildman–Crippen MR) is 270 cm³/mol. The molecule has 0 aliphatic heterocycles. The molecule has 0 fully saturated rings. The molecule has 0 spiro atoms. The van der Waals surface area contributed by atoms with Crippen LogP contribution in [0.2, 0.25) is 0 Å². The van der Waals surface area contributed by atoms with Gasteiger partial charge in [0.2, 0.25) is 0 Å².